The van der Waals surface area contributed by atoms with Crippen molar-refractivity contribution in [1.29, 1.82) is 0 Å². The maximum Gasteiger partial charge on any atom is 0.335 e. The molecular weight excluding hydrogens is 568 g/mol. The summed E-state index contributed by atoms with van der Waals surface area (Å²) in [5, 5.41) is 81.2. The van der Waals surface area contributed by atoms with Gasteiger partial charge in [0.15, 0.2) is 29.1 Å². The second-order valence-corrected chi connectivity index (χ2v) is 9.81. The second-order valence-electron chi connectivity index (χ2n) is 9.81. The number of carboxylic acids is 1. The molecule has 1 aromatic heterocycles. The van der Waals surface area contributed by atoms with E-state index >= 15 is 0 Å². The van der Waals surface area contributed by atoms with Gasteiger partial charge in [-0.25, -0.2) is 4.79 Å². The molecule has 1 saturated heterocycles. The molecule has 0 spiro atoms. The highest BCUT2D eigenvalue weighted by molar-refractivity contribution is 5.90. The Labute approximate surface area is 242 Å². The smallest absolute Gasteiger partial charge is 0.335 e. The molecule has 0 unspecified atom stereocenters. The van der Waals surface area contributed by atoms with E-state index in [1.807, 2.05) is 30.3 Å². The fraction of sp³-hybridized carbons (Fsp3) is 0.200. The zero-order valence-electron chi connectivity index (χ0n) is 22.1. The Morgan fingerprint density at radius 3 is 2.33 bits per heavy atom. The summed E-state index contributed by atoms with van der Waals surface area (Å²) in [6.45, 7) is -1.28. The minimum absolute atomic E-state index is 0.0171. The molecule has 3 aromatic carbocycles. The molecule has 13 heteroatoms. The van der Waals surface area contributed by atoms with E-state index in [4.69, 9.17) is 13.9 Å². The predicted molar refractivity (Wildman–Crippen MR) is 149 cm³/mol. The molecule has 5 rings (SSSR count). The molecule has 1 aliphatic heterocycles. The van der Waals surface area contributed by atoms with Crippen LogP contribution in [0.5, 0.6) is 23.0 Å². The lowest BCUT2D eigenvalue weighted by atomic mass is 9.92. The normalized spacial score (nSPS) is 23.9. The molecule has 1 fully saturated rings. The van der Waals surface area contributed by atoms with Crippen molar-refractivity contribution in [1.82, 2.24) is 0 Å². The molecule has 0 amide bonds. The summed E-state index contributed by atoms with van der Waals surface area (Å²) < 4.78 is 16.5. The van der Waals surface area contributed by atoms with E-state index in [1.165, 1.54) is 18.2 Å². The second kappa shape index (κ2) is 11.4. The van der Waals surface area contributed by atoms with E-state index in [-0.39, 0.29) is 17.1 Å². The summed E-state index contributed by atoms with van der Waals surface area (Å²) in [7, 11) is 0. The van der Waals surface area contributed by atoms with Crippen LogP contribution in [0.3, 0.4) is 0 Å². The van der Waals surface area contributed by atoms with E-state index in [0.717, 1.165) is 17.7 Å². The molecule has 224 valence electrons. The number of hydrogen-bond acceptors (Lipinski definition) is 12. The molecule has 4 aromatic rings. The van der Waals surface area contributed by atoms with Gasteiger partial charge in [-0.05, 0) is 29.3 Å². The Kier molecular flexibility index (Phi) is 7.84. The van der Waals surface area contributed by atoms with Crippen LogP contribution in [0, 0.1) is 0 Å². The number of ether oxygens (including phenoxy) is 2. The van der Waals surface area contributed by atoms with E-state index in [1.54, 1.807) is 12.2 Å². The van der Waals surface area contributed by atoms with E-state index < -0.39 is 70.8 Å². The third-order valence-electron chi connectivity index (χ3n) is 6.99. The Balaban J connectivity index is 1.61. The van der Waals surface area contributed by atoms with Crippen LogP contribution >= 0.6 is 0 Å². The molecule has 43 heavy (non-hydrogen) atoms. The number of phenolic OH excluding ortho intramolecular Hbond substituents is 3. The van der Waals surface area contributed by atoms with Gasteiger partial charge in [-0.15, -0.1) is 0 Å². The minimum Gasteiger partial charge on any atom is -0.508 e. The van der Waals surface area contributed by atoms with Gasteiger partial charge >= 0.3 is 5.97 Å². The Morgan fingerprint density at radius 1 is 0.930 bits per heavy atom. The Bertz CT molecular complexity index is 1760. The van der Waals surface area contributed by atoms with Crippen LogP contribution in [0.15, 0.2) is 69.9 Å². The van der Waals surface area contributed by atoms with Gasteiger partial charge in [-0.1, -0.05) is 42.5 Å². The van der Waals surface area contributed by atoms with Crippen LogP contribution < -0.4 is 10.2 Å². The fourth-order valence-corrected chi connectivity index (χ4v) is 4.75. The molecule has 0 radical (unpaired) electrons. The largest absolute Gasteiger partial charge is 0.508 e. The average molecular weight is 595 g/mol. The summed E-state index contributed by atoms with van der Waals surface area (Å²) in [6.07, 6.45) is -5.22. The molecule has 2 heterocycles. The summed E-state index contributed by atoms with van der Waals surface area (Å²) in [6, 6.07) is 15.5. The van der Waals surface area contributed by atoms with Crippen LogP contribution in [0.4, 0.5) is 0 Å². The zero-order chi connectivity index (χ0) is 31.1. The molecule has 1 aliphatic rings. The SMILES string of the molecule is O=C(O)[C@H]1O[C@@](CO)(Oc2cc3oc(-c4ccc(O)cc4/C=C/c4ccccc4)cc(=O)c3c(O)c2O)[C@H](O)[C@@H](O)[C@@H]1O. The third kappa shape index (κ3) is 5.38. The van der Waals surface area contributed by atoms with E-state index in [0.29, 0.717) is 11.1 Å². The summed E-state index contributed by atoms with van der Waals surface area (Å²) in [5.41, 5.74) is 0.547. The van der Waals surface area contributed by atoms with Gasteiger partial charge in [0.05, 0.1) is 0 Å². The lowest BCUT2D eigenvalue weighted by Gasteiger charge is -2.46. The molecular formula is C30H26O13. The van der Waals surface area contributed by atoms with Crippen LogP contribution in [-0.2, 0) is 9.53 Å². The van der Waals surface area contributed by atoms with Gasteiger partial charge in [0.2, 0.25) is 5.75 Å². The first-order valence-electron chi connectivity index (χ1n) is 12.8. The highest BCUT2D eigenvalue weighted by atomic mass is 16.7. The number of aliphatic hydroxyl groups excluding tert-OH is 4. The summed E-state index contributed by atoms with van der Waals surface area (Å²) in [5.74, 6) is -7.38. The van der Waals surface area contributed by atoms with Gasteiger partial charge in [0.1, 0.15) is 41.3 Å². The van der Waals surface area contributed by atoms with Crippen LogP contribution in [0.25, 0.3) is 34.4 Å². The highest BCUT2D eigenvalue weighted by Crippen LogP contribution is 2.44. The van der Waals surface area contributed by atoms with Gasteiger partial charge in [-0.2, -0.15) is 0 Å². The molecule has 13 nitrogen and oxygen atoms in total. The number of aliphatic hydroxyl groups is 4. The van der Waals surface area contributed by atoms with Crippen molar-refractivity contribution in [2.45, 2.75) is 30.2 Å². The number of phenols is 3. The molecule has 0 bridgehead atoms. The monoisotopic (exact) mass is 594 g/mol. The number of rotatable bonds is 7. The Hall–Kier alpha value is -4.92. The van der Waals surface area contributed by atoms with Crippen molar-refractivity contribution >= 4 is 29.1 Å². The number of hydrogen-bond donors (Lipinski definition) is 8. The van der Waals surface area contributed by atoms with Gasteiger partial charge in [0, 0.05) is 17.7 Å². The fourth-order valence-electron chi connectivity index (χ4n) is 4.75. The van der Waals surface area contributed by atoms with Crippen molar-refractivity contribution in [3.05, 3.63) is 82.0 Å². The first-order valence-corrected chi connectivity index (χ1v) is 12.8. The number of carbonyl (C=O) groups is 1. The highest BCUT2D eigenvalue weighted by Gasteiger charge is 2.57. The van der Waals surface area contributed by atoms with E-state index in [9.17, 15) is 50.4 Å². The maximum absolute atomic E-state index is 13.1. The number of fused-ring (bicyclic) bond motifs is 1. The Morgan fingerprint density at radius 2 is 1.65 bits per heavy atom. The van der Waals surface area contributed by atoms with Crippen molar-refractivity contribution in [3.8, 4) is 34.3 Å². The maximum atomic E-state index is 13.1. The molecule has 0 aliphatic carbocycles. The van der Waals surface area contributed by atoms with Crippen molar-refractivity contribution in [2.24, 2.45) is 0 Å². The summed E-state index contributed by atoms with van der Waals surface area (Å²) >= 11 is 0. The molecule has 5 atom stereocenters. The van der Waals surface area contributed by atoms with Gasteiger partial charge < -0.3 is 54.7 Å². The first kappa shape index (κ1) is 29.6. The number of aromatic hydroxyl groups is 3. The predicted octanol–water partition coefficient (Wildman–Crippen LogP) is 1.38. The third-order valence-corrected chi connectivity index (χ3v) is 6.99. The first-order chi connectivity index (χ1) is 20.5. The average Bonchev–Trinajstić information content (AvgIpc) is 2.99. The lowest BCUT2D eigenvalue weighted by Crippen LogP contribution is -2.69. The van der Waals surface area contributed by atoms with Crippen LogP contribution in [-0.4, -0.2) is 83.6 Å². The van der Waals surface area contributed by atoms with Crippen molar-refractivity contribution in [2.75, 3.05) is 6.61 Å². The topological polar surface area (TPSA) is 228 Å². The van der Waals surface area contributed by atoms with E-state index in [2.05, 4.69) is 0 Å². The number of aliphatic carboxylic acids is 1. The zero-order valence-corrected chi connectivity index (χ0v) is 22.1. The molecule has 8 N–H and O–H groups in total. The standard InChI is InChI=1S/C30H26O13/c31-13-30(28(38)26(37)25(36)27(43-30)29(39)40)42-21-12-20-22(24(35)23(21)34)18(33)11-19(41-20)17-9-8-16(32)10-15(17)7-6-14-4-2-1-3-5-14/h1-12,25-28,31-32,34-38H,13H2,(H,39,40)/b7-6+/t25-,26-,27-,28+,30+/m0/s1. The number of carboxylic acid groups (broad SMARTS) is 1. The van der Waals surface area contributed by atoms with Gasteiger partial charge in [-0.3, -0.25) is 4.79 Å². The van der Waals surface area contributed by atoms with Crippen LogP contribution in [0.1, 0.15) is 11.1 Å². The van der Waals surface area contributed by atoms with Crippen molar-refractivity contribution < 1.29 is 59.5 Å². The van der Waals surface area contributed by atoms with Crippen LogP contribution in [0.2, 0.25) is 0 Å². The number of benzene rings is 3. The molecule has 0 saturated carbocycles. The lowest BCUT2D eigenvalue weighted by molar-refractivity contribution is -0.338. The summed E-state index contributed by atoms with van der Waals surface area (Å²) in [4.78, 5) is 24.7. The van der Waals surface area contributed by atoms with Gasteiger partial charge in [0.25, 0.3) is 5.79 Å². The van der Waals surface area contributed by atoms with Crippen molar-refractivity contribution in [3.63, 3.8) is 0 Å². The quantitative estimate of drug-likeness (QED) is 0.112. The minimum atomic E-state index is -2.75.